The molecule has 3 aliphatic heterocycles. The molecule has 50 heteroatoms. The maximum Gasteiger partial charge on any atom is 0.343 e. The highest BCUT2D eigenvalue weighted by Crippen LogP contribution is 2.44. The molecule has 0 aliphatic carbocycles. The van der Waals surface area contributed by atoms with Crippen LogP contribution in [-0.2, 0) is 16.6 Å². The Morgan fingerprint density at radius 2 is 0.978 bits per heavy atom. The SMILES string of the molecule is CNc1nc(N2CCCC2)nc(N2CCCC2)c1N=Nc1c(C#N)cnn1-c1nc2ccccc2s1.CNc1nc(NC(C)=O)nc(Nc2ccccc2)c1N=Nc1c(C(=O)OC)cnn1-c1nc2ccccc2s1.CNc1nc(NC)c(N=Nc2c(C#N)cnn2-c2nccs2)c(Nc2ncccn2)n1.Cc1cc(N2CCCC2)nc(Nc2ccccn2)c1N=Nc1c(C(N)=O)cnn1C. The minimum atomic E-state index is -0.634. The van der Waals surface area contributed by atoms with Crippen molar-refractivity contribution in [1.82, 2.24) is 104 Å². The van der Waals surface area contributed by atoms with E-state index in [9.17, 15) is 24.9 Å². The fraction of sp³-hybridized carbons (Fsp3) is 0.233. The number of pyridine rings is 2. The van der Waals surface area contributed by atoms with Gasteiger partial charge in [0.1, 0.15) is 51.7 Å². The van der Waals surface area contributed by atoms with E-state index in [0.29, 0.717) is 84.8 Å². The Bertz CT molecular complexity index is 7120. The lowest BCUT2D eigenvalue weighted by molar-refractivity contribution is -0.114. The maximum absolute atomic E-state index is 12.6. The molecule has 3 aromatic carbocycles. The number of nitrogens with one attached hydrogen (secondary N) is 8. The number of nitrogens with zero attached hydrogens (tertiary/aromatic N) is 34. The van der Waals surface area contributed by atoms with Gasteiger partial charge in [0.15, 0.2) is 81.1 Å². The van der Waals surface area contributed by atoms with Gasteiger partial charge in [-0.2, -0.15) is 74.9 Å². The molecule has 16 heterocycles. The zero-order valence-electron chi connectivity index (χ0n) is 74.2. The fourth-order valence-electron chi connectivity index (χ4n) is 14.0. The molecule has 10 N–H and O–H groups in total. The topological polar surface area (TPSA) is 578 Å². The van der Waals surface area contributed by atoms with E-state index in [0.717, 1.165) is 127 Å². The van der Waals surface area contributed by atoms with Crippen molar-refractivity contribution in [3.05, 3.63) is 192 Å². The Balaban J connectivity index is 0.000000132. The third-order valence-corrected chi connectivity index (χ3v) is 23.3. The lowest BCUT2D eigenvalue weighted by atomic mass is 10.2. The van der Waals surface area contributed by atoms with Crippen molar-refractivity contribution in [1.29, 1.82) is 10.5 Å². The average molecular weight is 1880 g/mol. The molecule has 2 amide bonds. The summed E-state index contributed by atoms with van der Waals surface area (Å²) in [6.07, 6.45) is 19.0. The van der Waals surface area contributed by atoms with Gasteiger partial charge in [0.05, 0.1) is 52.3 Å². The second-order valence-corrected chi connectivity index (χ2v) is 32.4. The lowest BCUT2D eigenvalue weighted by Crippen LogP contribution is -2.24. The van der Waals surface area contributed by atoms with Crippen LogP contribution in [0.15, 0.2) is 205 Å². The summed E-state index contributed by atoms with van der Waals surface area (Å²) in [6.45, 7) is 9.01. The highest BCUT2D eigenvalue weighted by atomic mass is 32.1. The molecule has 0 atom stereocenters. The number of ether oxygens (including phenoxy) is 1. The first-order chi connectivity index (χ1) is 66.5. The zero-order chi connectivity index (χ0) is 94.6. The number of methoxy groups -OCH3 is 1. The van der Waals surface area contributed by atoms with Crippen molar-refractivity contribution in [3.8, 4) is 27.5 Å². The van der Waals surface area contributed by atoms with Crippen molar-refractivity contribution in [2.45, 2.75) is 52.4 Å². The standard InChI is InChI=1S/C25H22N10O3S.C24H25N11S.C20H23N9O.C17H15N13S/c1-14(36)28-24-31-20(26-2)19(21(32-24)29-15-9-5-4-6-10-15)33-34-22-16(23(37)38-3)13-27-35(22)25-30-17-11-7-8-12-18(17)39-25;1-26-20-19(22(33-10-4-5-11-33)30-23(29-20)34-12-6-7-13-34)31-32-21-16(14-25)15-27-35(21)24-28-17-8-2-3-9-18(17)36-24;1-13-11-16(29-9-5-6-10-29)25-19(24-15-7-3-4-8-22-15)17(13)26-27-20-14(18(21)30)12-23-28(20)2;1-19-12-11(13(26-15(20-2)25-12)27-16-21-4-3-5-22-16)28-29-14-10(8-18)9-24-30(14)17-23-6-7-31-17/h4-13H,1-3H3,(H3,26,28,29,31,32,36);2-3,8-9,15H,4-7,10-13H2,1H3,(H,26,29,30);3-4,7-8,11-12H,5-6,9-10H2,1-2H3,(H2,21,30)(H,22,24,25);3-7,9H,1-2H3,(H3,19,20,21,22,25,26,27). The fourth-order valence-corrected chi connectivity index (χ4v) is 16.4. The quantitative estimate of drug-likeness (QED) is 0.0170. The normalized spacial score (nSPS) is 12.9. The number of fused-ring (bicyclic) bond motifs is 2. The molecule has 0 bridgehead atoms. The number of aryl methyl sites for hydroxylation is 2. The van der Waals surface area contributed by atoms with Crippen molar-refractivity contribution < 1.29 is 19.1 Å². The van der Waals surface area contributed by atoms with Gasteiger partial charge in [-0.1, -0.05) is 71.2 Å². The number of rotatable bonds is 27. The summed E-state index contributed by atoms with van der Waals surface area (Å²) in [5.41, 5.74) is 11.2. The number of amides is 2. The first-order valence-electron chi connectivity index (χ1n) is 42.3. The van der Waals surface area contributed by atoms with Gasteiger partial charge in [-0.3, -0.25) is 14.9 Å². The molecular formula is C86H85N43O4S3. The number of nitriles is 2. The number of carbonyl (C=O) groups excluding carboxylic acids is 3. The number of azo groups is 4. The number of hydrogen-bond acceptors (Lipinski definition) is 44. The van der Waals surface area contributed by atoms with Crippen LogP contribution in [0.5, 0.6) is 0 Å². The van der Waals surface area contributed by atoms with Crippen molar-refractivity contribution in [2.24, 2.45) is 53.7 Å². The molecule has 3 saturated heterocycles. The summed E-state index contributed by atoms with van der Waals surface area (Å²) in [5, 5.41) is 98.9. The van der Waals surface area contributed by atoms with Gasteiger partial charge in [-0.15, -0.1) is 52.3 Å². The number of nitrogens with two attached hydrogens (primary N) is 1. The molecule has 3 fully saturated rings. The van der Waals surface area contributed by atoms with E-state index in [4.69, 9.17) is 25.4 Å². The lowest BCUT2D eigenvalue weighted by Gasteiger charge is -2.23. The number of carbonyl (C=O) groups is 3. The smallest absolute Gasteiger partial charge is 0.343 e. The third kappa shape index (κ3) is 21.2. The predicted molar refractivity (Wildman–Crippen MR) is 516 cm³/mol. The van der Waals surface area contributed by atoms with Gasteiger partial charge in [0, 0.05) is 117 Å². The Kier molecular flexibility index (Phi) is 28.9. The molecule has 13 aromatic heterocycles. The van der Waals surface area contributed by atoms with E-state index in [-0.39, 0.29) is 63.3 Å². The van der Waals surface area contributed by atoms with Crippen LogP contribution >= 0.6 is 34.0 Å². The van der Waals surface area contributed by atoms with Gasteiger partial charge < -0.3 is 62.4 Å². The van der Waals surface area contributed by atoms with Crippen LogP contribution in [-0.4, -0.2) is 196 Å². The number of primary amides is 1. The Hall–Kier alpha value is -17.7. The largest absolute Gasteiger partial charge is 0.465 e. The van der Waals surface area contributed by atoms with E-state index >= 15 is 0 Å². The number of aromatic nitrogens is 21. The Morgan fingerprint density at radius 3 is 1.56 bits per heavy atom. The highest BCUT2D eigenvalue weighted by molar-refractivity contribution is 7.21. The number of thiazole rings is 3. The Labute approximate surface area is 786 Å². The maximum atomic E-state index is 12.6. The van der Waals surface area contributed by atoms with Crippen LogP contribution in [0, 0.1) is 29.6 Å². The van der Waals surface area contributed by atoms with Crippen molar-refractivity contribution in [3.63, 3.8) is 0 Å². The van der Waals surface area contributed by atoms with Gasteiger partial charge in [0.2, 0.25) is 45.1 Å². The van der Waals surface area contributed by atoms with Crippen LogP contribution in [0.4, 0.5) is 128 Å². The van der Waals surface area contributed by atoms with E-state index < -0.39 is 11.9 Å². The molecule has 19 rings (SSSR count). The van der Waals surface area contributed by atoms with Crippen molar-refractivity contribution >= 4 is 200 Å². The molecule has 136 heavy (non-hydrogen) atoms. The van der Waals surface area contributed by atoms with Crippen LogP contribution in [0.2, 0.25) is 0 Å². The Morgan fingerprint density at radius 1 is 0.463 bits per heavy atom. The molecule has 47 nitrogen and oxygen atoms in total. The summed E-state index contributed by atoms with van der Waals surface area (Å²) in [5.74, 6) is 5.58. The van der Waals surface area contributed by atoms with Crippen LogP contribution in [0.25, 0.3) is 35.8 Å². The summed E-state index contributed by atoms with van der Waals surface area (Å²) >= 11 is 4.23. The number of esters is 1. The molecule has 3 aliphatic rings. The van der Waals surface area contributed by atoms with E-state index in [2.05, 4.69) is 181 Å². The van der Waals surface area contributed by atoms with Gasteiger partial charge in [-0.25, -0.2) is 44.4 Å². The van der Waals surface area contributed by atoms with Crippen LogP contribution in [0.3, 0.4) is 0 Å². The second kappa shape index (κ2) is 42.9. The van der Waals surface area contributed by atoms with Gasteiger partial charge >= 0.3 is 5.97 Å². The number of benzene rings is 3. The summed E-state index contributed by atoms with van der Waals surface area (Å²) in [7, 11) is 9.82. The zero-order valence-corrected chi connectivity index (χ0v) is 76.7. The number of anilines is 14. The summed E-state index contributed by atoms with van der Waals surface area (Å²) < 4.78 is 12.8. The first-order valence-corrected chi connectivity index (χ1v) is 44.8. The van der Waals surface area contributed by atoms with Gasteiger partial charge in [0.25, 0.3) is 5.91 Å². The van der Waals surface area contributed by atoms with Crippen LogP contribution in [0.1, 0.15) is 82.9 Å². The highest BCUT2D eigenvalue weighted by Gasteiger charge is 2.30. The third-order valence-electron chi connectivity index (χ3n) is 20.5. The molecule has 686 valence electrons. The van der Waals surface area contributed by atoms with Crippen LogP contribution < -0.4 is 63.0 Å². The minimum absolute atomic E-state index is 0.0685. The number of hydrogen-bond donors (Lipinski definition) is 9. The van der Waals surface area contributed by atoms with Crippen molar-refractivity contribution in [2.75, 3.05) is 132 Å². The summed E-state index contributed by atoms with van der Waals surface area (Å²) in [6, 6.07) is 38.3. The number of para-hydroxylation sites is 3. The average Bonchev–Trinajstić information content (AvgIpc) is 1.60. The van der Waals surface area contributed by atoms with E-state index in [1.54, 1.807) is 69.1 Å². The van der Waals surface area contributed by atoms with E-state index in [1.165, 1.54) is 86.9 Å². The summed E-state index contributed by atoms with van der Waals surface area (Å²) in [4.78, 5) is 101. The molecule has 0 unspecified atom stereocenters. The first kappa shape index (κ1) is 91.6. The molecular weight excluding hydrogens is 1800 g/mol. The second-order valence-electron chi connectivity index (χ2n) is 29.5. The molecule has 0 saturated carbocycles. The molecule has 16 aromatic rings. The van der Waals surface area contributed by atoms with Gasteiger partial charge in [-0.05, 0) is 112 Å². The van der Waals surface area contributed by atoms with E-state index in [1.807, 2.05) is 117 Å². The molecule has 0 radical (unpaired) electrons. The monoisotopic (exact) mass is 1880 g/mol. The molecule has 0 spiro atoms. The predicted octanol–water partition coefficient (Wildman–Crippen LogP) is 16.4. The minimum Gasteiger partial charge on any atom is -0.465 e.